The smallest absolute Gasteiger partial charge is 0.306 e. The molecule has 1 aliphatic heterocycles. The predicted molar refractivity (Wildman–Crippen MR) is 110 cm³/mol. The lowest BCUT2D eigenvalue weighted by atomic mass is 9.92. The standard InChI is InChI=1S/C23H23NO3S/c25-23(26)19-10-13-27-22(15-19)18-4-3-5-21(14-18)28-20-8-6-17(7-9-20)16-24-11-1-2-12-24/h1-9,11-12,14,19,22H,10,13,15-16H2,(H,25,26). The highest BCUT2D eigenvalue weighted by Crippen LogP contribution is 2.35. The van der Waals surface area contributed by atoms with Gasteiger partial charge in [-0.25, -0.2) is 0 Å². The lowest BCUT2D eigenvalue weighted by molar-refractivity contribution is -0.147. The summed E-state index contributed by atoms with van der Waals surface area (Å²) in [6.07, 6.45) is 5.12. The molecule has 0 saturated carbocycles. The Bertz CT molecular complexity index is 921. The molecule has 1 saturated heterocycles. The number of ether oxygens (including phenoxy) is 1. The van der Waals surface area contributed by atoms with Crippen molar-refractivity contribution >= 4 is 17.7 Å². The van der Waals surface area contributed by atoms with Crippen LogP contribution in [0, 0.1) is 5.92 Å². The monoisotopic (exact) mass is 393 g/mol. The van der Waals surface area contributed by atoms with E-state index in [1.807, 2.05) is 24.3 Å². The Hall–Kier alpha value is -2.50. The minimum absolute atomic E-state index is 0.139. The van der Waals surface area contributed by atoms with E-state index in [1.165, 1.54) is 10.5 Å². The van der Waals surface area contributed by atoms with Crippen LogP contribution >= 0.6 is 11.8 Å². The minimum Gasteiger partial charge on any atom is -0.481 e. The summed E-state index contributed by atoms with van der Waals surface area (Å²) in [5.41, 5.74) is 2.32. The minimum atomic E-state index is -0.723. The fourth-order valence-corrected chi connectivity index (χ4v) is 4.40. The van der Waals surface area contributed by atoms with Gasteiger partial charge < -0.3 is 14.4 Å². The number of hydrogen-bond acceptors (Lipinski definition) is 3. The van der Waals surface area contributed by atoms with Crippen molar-refractivity contribution in [2.45, 2.75) is 35.3 Å². The molecule has 1 N–H and O–H groups in total. The second kappa shape index (κ2) is 8.67. The summed E-state index contributed by atoms with van der Waals surface area (Å²) in [5, 5.41) is 9.29. The SMILES string of the molecule is O=C(O)C1CCOC(c2cccc(Sc3ccc(Cn4cccc4)cc3)c2)C1. The van der Waals surface area contributed by atoms with E-state index in [9.17, 15) is 9.90 Å². The second-order valence-electron chi connectivity index (χ2n) is 7.09. The summed E-state index contributed by atoms with van der Waals surface area (Å²) < 4.78 is 7.99. The Balaban J connectivity index is 1.42. The van der Waals surface area contributed by atoms with Gasteiger partial charge in [-0.2, -0.15) is 0 Å². The van der Waals surface area contributed by atoms with Crippen LogP contribution in [0.4, 0.5) is 0 Å². The summed E-state index contributed by atoms with van der Waals surface area (Å²) in [6.45, 7) is 1.37. The first kappa shape index (κ1) is 18.8. The average Bonchev–Trinajstić information content (AvgIpc) is 3.23. The number of aromatic nitrogens is 1. The van der Waals surface area contributed by atoms with E-state index < -0.39 is 5.97 Å². The van der Waals surface area contributed by atoms with Crippen LogP contribution < -0.4 is 0 Å². The van der Waals surface area contributed by atoms with E-state index in [4.69, 9.17) is 4.74 Å². The number of rotatable bonds is 6. The fraction of sp³-hybridized carbons (Fsp3) is 0.261. The van der Waals surface area contributed by atoms with Crippen LogP contribution in [0.5, 0.6) is 0 Å². The van der Waals surface area contributed by atoms with Crippen LogP contribution in [0.2, 0.25) is 0 Å². The van der Waals surface area contributed by atoms with E-state index in [0.717, 1.165) is 17.0 Å². The van der Waals surface area contributed by atoms with Gasteiger partial charge in [0.1, 0.15) is 0 Å². The highest BCUT2D eigenvalue weighted by molar-refractivity contribution is 7.99. The molecule has 2 atom stereocenters. The van der Waals surface area contributed by atoms with Crippen molar-refractivity contribution in [2.75, 3.05) is 6.61 Å². The van der Waals surface area contributed by atoms with Crippen molar-refractivity contribution in [2.24, 2.45) is 5.92 Å². The maximum absolute atomic E-state index is 11.3. The Labute approximate surface area is 169 Å². The van der Waals surface area contributed by atoms with Crippen molar-refractivity contribution in [3.05, 3.63) is 84.2 Å². The Morgan fingerprint density at radius 1 is 1.07 bits per heavy atom. The van der Waals surface area contributed by atoms with Crippen LogP contribution in [0.25, 0.3) is 0 Å². The molecule has 4 nitrogen and oxygen atoms in total. The normalized spacial score (nSPS) is 19.4. The second-order valence-corrected chi connectivity index (χ2v) is 8.24. The van der Waals surface area contributed by atoms with E-state index >= 15 is 0 Å². The molecule has 4 rings (SSSR count). The molecular formula is C23H23NO3S. The molecule has 2 aromatic carbocycles. The van der Waals surface area contributed by atoms with Gasteiger partial charge >= 0.3 is 5.97 Å². The molecule has 0 aliphatic carbocycles. The van der Waals surface area contributed by atoms with Crippen LogP contribution in [0.15, 0.2) is 82.8 Å². The summed E-state index contributed by atoms with van der Waals surface area (Å²) in [7, 11) is 0. The number of nitrogens with zero attached hydrogens (tertiary/aromatic N) is 1. The van der Waals surface area contributed by atoms with E-state index in [2.05, 4.69) is 53.4 Å². The van der Waals surface area contributed by atoms with Gasteiger partial charge in [-0.05, 0) is 60.4 Å². The summed E-state index contributed by atoms with van der Waals surface area (Å²) in [6, 6.07) is 20.9. The molecule has 3 aromatic rings. The van der Waals surface area contributed by atoms with Gasteiger partial charge in [0, 0.05) is 35.3 Å². The zero-order valence-corrected chi connectivity index (χ0v) is 16.3. The molecule has 0 radical (unpaired) electrons. The maximum atomic E-state index is 11.3. The molecule has 144 valence electrons. The highest BCUT2D eigenvalue weighted by atomic mass is 32.2. The lowest BCUT2D eigenvalue weighted by Gasteiger charge is -2.27. The first-order chi connectivity index (χ1) is 13.7. The van der Waals surface area contributed by atoms with Crippen LogP contribution in [0.1, 0.15) is 30.1 Å². The largest absolute Gasteiger partial charge is 0.481 e. The van der Waals surface area contributed by atoms with Crippen molar-refractivity contribution in [1.82, 2.24) is 4.57 Å². The van der Waals surface area contributed by atoms with Crippen molar-refractivity contribution in [1.29, 1.82) is 0 Å². The van der Waals surface area contributed by atoms with Crippen LogP contribution in [0.3, 0.4) is 0 Å². The average molecular weight is 394 g/mol. The molecule has 1 aromatic heterocycles. The van der Waals surface area contributed by atoms with Crippen LogP contribution in [-0.2, 0) is 16.1 Å². The van der Waals surface area contributed by atoms with Gasteiger partial charge in [0.05, 0.1) is 12.0 Å². The third-order valence-corrected chi connectivity index (χ3v) is 6.05. The van der Waals surface area contributed by atoms with E-state index in [1.54, 1.807) is 11.8 Å². The molecule has 28 heavy (non-hydrogen) atoms. The number of hydrogen-bond donors (Lipinski definition) is 1. The maximum Gasteiger partial charge on any atom is 0.306 e. The number of aliphatic carboxylic acids is 1. The molecule has 0 spiro atoms. The zero-order valence-electron chi connectivity index (χ0n) is 15.5. The van der Waals surface area contributed by atoms with Gasteiger partial charge in [-0.1, -0.05) is 36.0 Å². The Morgan fingerprint density at radius 3 is 2.61 bits per heavy atom. The quantitative estimate of drug-likeness (QED) is 0.622. The molecule has 2 heterocycles. The fourth-order valence-electron chi connectivity index (χ4n) is 3.52. The van der Waals surface area contributed by atoms with E-state index in [0.29, 0.717) is 19.4 Å². The molecule has 1 fully saturated rings. The van der Waals surface area contributed by atoms with Gasteiger partial charge in [0.2, 0.25) is 0 Å². The predicted octanol–water partition coefficient (Wildman–Crippen LogP) is 5.24. The Kier molecular flexibility index (Phi) is 5.84. The molecular weight excluding hydrogens is 370 g/mol. The molecule has 1 aliphatic rings. The third kappa shape index (κ3) is 4.66. The third-order valence-electron chi connectivity index (χ3n) is 5.05. The molecule has 0 bridgehead atoms. The number of carboxylic acid groups (broad SMARTS) is 1. The first-order valence-electron chi connectivity index (χ1n) is 9.49. The van der Waals surface area contributed by atoms with Gasteiger partial charge in [0.15, 0.2) is 0 Å². The van der Waals surface area contributed by atoms with E-state index in [-0.39, 0.29) is 12.0 Å². The van der Waals surface area contributed by atoms with Crippen molar-refractivity contribution < 1.29 is 14.6 Å². The molecule has 0 amide bonds. The number of carboxylic acids is 1. The van der Waals surface area contributed by atoms with Gasteiger partial charge in [0.25, 0.3) is 0 Å². The lowest BCUT2D eigenvalue weighted by Crippen LogP contribution is -2.25. The number of benzene rings is 2. The highest BCUT2D eigenvalue weighted by Gasteiger charge is 2.28. The zero-order chi connectivity index (χ0) is 19.3. The van der Waals surface area contributed by atoms with Gasteiger partial charge in [-0.3, -0.25) is 4.79 Å². The first-order valence-corrected chi connectivity index (χ1v) is 10.3. The molecule has 2 unspecified atom stereocenters. The summed E-state index contributed by atoms with van der Waals surface area (Å²) >= 11 is 1.71. The molecule has 5 heteroatoms. The summed E-state index contributed by atoms with van der Waals surface area (Å²) in [4.78, 5) is 13.6. The van der Waals surface area contributed by atoms with Gasteiger partial charge in [-0.15, -0.1) is 0 Å². The van der Waals surface area contributed by atoms with Crippen LogP contribution in [-0.4, -0.2) is 22.2 Å². The topological polar surface area (TPSA) is 51.5 Å². The Morgan fingerprint density at radius 2 is 1.86 bits per heavy atom. The van der Waals surface area contributed by atoms with Crippen molar-refractivity contribution in [3.63, 3.8) is 0 Å². The summed E-state index contributed by atoms with van der Waals surface area (Å²) in [5.74, 6) is -1.04. The van der Waals surface area contributed by atoms with Crippen molar-refractivity contribution in [3.8, 4) is 0 Å². The number of carbonyl (C=O) groups is 1.